The van der Waals surface area contributed by atoms with Gasteiger partial charge < -0.3 is 9.15 Å². The Bertz CT molecular complexity index is 940. The number of hydrogen-bond donors (Lipinski definition) is 0. The Morgan fingerprint density at radius 3 is 2.74 bits per heavy atom. The lowest BCUT2D eigenvalue weighted by molar-refractivity contribution is 0.151. The minimum absolute atomic E-state index is 0.351. The zero-order chi connectivity index (χ0) is 19.1. The molecule has 2 fully saturated rings. The Morgan fingerprint density at radius 2 is 2.00 bits per heavy atom. The van der Waals surface area contributed by atoms with Gasteiger partial charge in [0, 0.05) is 17.0 Å². The molecule has 0 aliphatic heterocycles. The van der Waals surface area contributed by atoms with Crippen LogP contribution >= 0.6 is 11.6 Å². The number of methoxy groups -OCH3 is 1. The minimum atomic E-state index is -0.351. The highest BCUT2D eigenvalue weighted by Crippen LogP contribution is 2.51. The van der Waals surface area contributed by atoms with Crippen LogP contribution in [0.25, 0.3) is 16.7 Å². The van der Waals surface area contributed by atoms with Crippen molar-refractivity contribution < 1.29 is 9.15 Å². The molecule has 1 aromatic heterocycles. The van der Waals surface area contributed by atoms with Crippen LogP contribution in [0.1, 0.15) is 51.5 Å². The Balaban J connectivity index is 1.96. The first-order valence-electron chi connectivity index (χ1n) is 10.0. The van der Waals surface area contributed by atoms with Crippen LogP contribution in [0.4, 0.5) is 0 Å². The fraction of sp³-hybridized carbons (Fsp3) is 0.522. The lowest BCUT2D eigenvalue weighted by Gasteiger charge is -2.44. The van der Waals surface area contributed by atoms with E-state index in [1.807, 2.05) is 0 Å². The molecular weight excluding hydrogens is 360 g/mol. The fourth-order valence-electron chi connectivity index (χ4n) is 5.53. The summed E-state index contributed by atoms with van der Waals surface area (Å²) in [4.78, 5) is 11.7. The average Bonchev–Trinajstić information content (AvgIpc) is 2.64. The number of allylic oxidation sites excluding steroid dienone is 1. The van der Waals surface area contributed by atoms with E-state index in [9.17, 15) is 4.79 Å². The van der Waals surface area contributed by atoms with Crippen molar-refractivity contribution in [1.29, 1.82) is 0 Å². The number of ether oxygens (including phenoxy) is 1. The summed E-state index contributed by atoms with van der Waals surface area (Å²) in [6.45, 7) is 4.64. The summed E-state index contributed by atoms with van der Waals surface area (Å²) in [6, 6.07) is 6.82. The lowest BCUT2D eigenvalue weighted by Crippen LogP contribution is -2.33. The maximum absolute atomic E-state index is 11.7. The monoisotopic (exact) mass is 386 g/mol. The summed E-state index contributed by atoms with van der Waals surface area (Å²) in [5.74, 6) is 3.55. The molecule has 2 saturated carbocycles. The van der Waals surface area contributed by atoms with Crippen LogP contribution < -0.4 is 5.63 Å². The van der Waals surface area contributed by atoms with Gasteiger partial charge in [-0.1, -0.05) is 25.4 Å². The highest BCUT2D eigenvalue weighted by molar-refractivity contribution is 6.33. The van der Waals surface area contributed by atoms with E-state index in [2.05, 4.69) is 13.8 Å². The molecule has 0 radical (unpaired) electrons. The van der Waals surface area contributed by atoms with Gasteiger partial charge in [0.25, 0.3) is 0 Å². The second kappa shape index (κ2) is 7.35. The van der Waals surface area contributed by atoms with E-state index in [0.717, 1.165) is 35.0 Å². The van der Waals surface area contributed by atoms with Gasteiger partial charge in [0.05, 0.1) is 12.1 Å². The molecule has 27 heavy (non-hydrogen) atoms. The molecule has 4 unspecified atom stereocenters. The van der Waals surface area contributed by atoms with Gasteiger partial charge in [0.1, 0.15) is 11.3 Å². The van der Waals surface area contributed by atoms with Crippen LogP contribution in [0.5, 0.6) is 0 Å². The van der Waals surface area contributed by atoms with E-state index in [4.69, 9.17) is 20.8 Å². The third-order valence-corrected chi connectivity index (χ3v) is 6.79. The minimum Gasteiger partial charge on any atom is -0.496 e. The molecule has 2 bridgehead atoms. The molecule has 0 N–H and O–H groups in total. The van der Waals surface area contributed by atoms with Crippen molar-refractivity contribution in [1.82, 2.24) is 0 Å². The lowest BCUT2D eigenvalue weighted by atomic mass is 9.61. The topological polar surface area (TPSA) is 39.4 Å². The normalized spacial score (nSPS) is 29.6. The van der Waals surface area contributed by atoms with Crippen LogP contribution in [-0.2, 0) is 4.74 Å². The van der Waals surface area contributed by atoms with E-state index in [1.54, 1.807) is 25.3 Å². The van der Waals surface area contributed by atoms with Gasteiger partial charge in [0.15, 0.2) is 0 Å². The summed E-state index contributed by atoms with van der Waals surface area (Å²) in [6.07, 6.45) is 6.16. The molecule has 2 aliphatic rings. The van der Waals surface area contributed by atoms with Crippen molar-refractivity contribution >= 4 is 28.3 Å². The van der Waals surface area contributed by atoms with E-state index in [0.29, 0.717) is 22.4 Å². The maximum atomic E-state index is 11.7. The van der Waals surface area contributed by atoms with Gasteiger partial charge in [-0.3, -0.25) is 0 Å². The van der Waals surface area contributed by atoms with Gasteiger partial charge in [0.2, 0.25) is 0 Å². The second-order valence-corrected chi connectivity index (χ2v) is 8.70. The third kappa shape index (κ3) is 3.31. The van der Waals surface area contributed by atoms with Gasteiger partial charge in [-0.05, 0) is 79.5 Å². The Labute approximate surface area is 165 Å². The van der Waals surface area contributed by atoms with Crippen LogP contribution in [0.3, 0.4) is 0 Å². The summed E-state index contributed by atoms with van der Waals surface area (Å²) in [5, 5.41) is 1.48. The number of hydrogen-bond acceptors (Lipinski definition) is 3. The number of fused-ring (bicyclic) bond motifs is 3. The number of halogens is 1. The number of rotatable bonds is 3. The van der Waals surface area contributed by atoms with Gasteiger partial charge in [-0.15, -0.1) is 0 Å². The van der Waals surface area contributed by atoms with Crippen LogP contribution in [0.15, 0.2) is 39.1 Å². The van der Waals surface area contributed by atoms with Gasteiger partial charge >= 0.3 is 5.63 Å². The highest BCUT2D eigenvalue weighted by Gasteiger charge is 2.40. The molecule has 0 saturated heterocycles. The molecule has 3 nitrogen and oxygen atoms in total. The molecule has 0 spiro atoms. The van der Waals surface area contributed by atoms with Crippen LogP contribution in [0.2, 0.25) is 5.02 Å². The smallest absolute Gasteiger partial charge is 0.336 e. The molecule has 0 amide bonds. The molecular formula is C23H27ClO3. The zero-order valence-electron chi connectivity index (χ0n) is 16.3. The average molecular weight is 387 g/mol. The van der Waals surface area contributed by atoms with Crippen molar-refractivity contribution in [2.24, 2.45) is 23.7 Å². The number of benzene rings is 1. The van der Waals surface area contributed by atoms with Crippen LogP contribution in [-0.4, -0.2) is 7.11 Å². The molecule has 1 heterocycles. The molecule has 4 rings (SSSR count). The van der Waals surface area contributed by atoms with Crippen molar-refractivity contribution in [3.8, 4) is 0 Å². The molecule has 2 aromatic rings. The van der Waals surface area contributed by atoms with E-state index in [-0.39, 0.29) is 5.63 Å². The third-order valence-electron chi connectivity index (χ3n) is 6.48. The quantitative estimate of drug-likeness (QED) is 0.460. The first-order chi connectivity index (χ1) is 13.0. The van der Waals surface area contributed by atoms with Crippen molar-refractivity contribution in [3.63, 3.8) is 0 Å². The van der Waals surface area contributed by atoms with Crippen molar-refractivity contribution in [2.75, 3.05) is 7.11 Å². The fourth-order valence-corrected chi connectivity index (χ4v) is 5.78. The highest BCUT2D eigenvalue weighted by atomic mass is 35.5. The van der Waals surface area contributed by atoms with E-state index < -0.39 is 0 Å². The van der Waals surface area contributed by atoms with Crippen LogP contribution in [0, 0.1) is 23.7 Å². The van der Waals surface area contributed by atoms with Crippen molar-refractivity contribution in [3.05, 3.63) is 50.8 Å². The molecule has 2 aliphatic carbocycles. The van der Waals surface area contributed by atoms with E-state index in [1.165, 1.54) is 37.3 Å². The molecule has 4 atom stereocenters. The second-order valence-electron chi connectivity index (χ2n) is 8.29. The Kier molecular flexibility index (Phi) is 5.07. The standard InChI is InChI=1S/C23H27ClO3/c1-4-15-11-14-9-13(2)10-16(12-14)21(15)23(26-3)22-17-5-8-20(25)27-19(17)7-6-18(22)24/h5-8,13-16H,4,9-12H2,1-3H3/b23-21-. The predicted molar refractivity (Wildman–Crippen MR) is 110 cm³/mol. The molecule has 4 heteroatoms. The molecule has 1 aromatic carbocycles. The first kappa shape index (κ1) is 18.6. The Morgan fingerprint density at radius 1 is 1.19 bits per heavy atom. The SMILES string of the molecule is CCC1CC2CC(C)CC(C2)/C1=C(\OC)c1c(Cl)ccc2oc(=O)ccc12. The summed E-state index contributed by atoms with van der Waals surface area (Å²) < 4.78 is 11.4. The van der Waals surface area contributed by atoms with E-state index >= 15 is 0 Å². The maximum Gasteiger partial charge on any atom is 0.336 e. The summed E-state index contributed by atoms with van der Waals surface area (Å²) in [7, 11) is 1.74. The summed E-state index contributed by atoms with van der Waals surface area (Å²) in [5.41, 5.74) is 2.49. The zero-order valence-corrected chi connectivity index (χ0v) is 17.0. The Hall–Kier alpha value is -1.74. The van der Waals surface area contributed by atoms with Gasteiger partial charge in [-0.2, -0.15) is 0 Å². The van der Waals surface area contributed by atoms with Crippen molar-refractivity contribution in [2.45, 2.75) is 46.0 Å². The first-order valence-corrected chi connectivity index (χ1v) is 10.4. The van der Waals surface area contributed by atoms with Gasteiger partial charge in [-0.25, -0.2) is 4.79 Å². The molecule has 144 valence electrons. The predicted octanol–water partition coefficient (Wildman–Crippen LogP) is 6.29. The summed E-state index contributed by atoms with van der Waals surface area (Å²) >= 11 is 6.65. The largest absolute Gasteiger partial charge is 0.496 e.